The number of ether oxygens (including phenoxy) is 1. The molecule has 1 N–H and O–H groups in total. The Labute approximate surface area is 129 Å². The maximum Gasteiger partial charge on any atom is 0.326 e. The topological polar surface area (TPSA) is 66.8 Å². The SMILES string of the molecule is COc1cccc(C2CC2C(=O)N2CCCCC2C(=O)O)c1. The van der Waals surface area contributed by atoms with Gasteiger partial charge in [-0.1, -0.05) is 12.1 Å². The fraction of sp³-hybridized carbons (Fsp3) is 0.529. The van der Waals surface area contributed by atoms with Crippen LogP contribution in [0, 0.1) is 5.92 Å². The van der Waals surface area contributed by atoms with E-state index in [-0.39, 0.29) is 17.7 Å². The average molecular weight is 303 g/mol. The standard InChI is InChI=1S/C17H21NO4/c1-22-12-6-4-5-11(9-12)13-10-14(13)16(19)18-8-3-2-7-15(18)17(20)21/h4-6,9,13-15H,2-3,7-8,10H2,1H3,(H,20,21). The van der Waals surface area contributed by atoms with Crippen LogP contribution in [0.1, 0.15) is 37.2 Å². The molecule has 3 rings (SSSR count). The van der Waals surface area contributed by atoms with Gasteiger partial charge in [0.05, 0.1) is 7.11 Å². The molecule has 0 aromatic heterocycles. The van der Waals surface area contributed by atoms with Crippen molar-refractivity contribution >= 4 is 11.9 Å². The van der Waals surface area contributed by atoms with Crippen LogP contribution in [0.4, 0.5) is 0 Å². The number of aliphatic carboxylic acids is 1. The van der Waals surface area contributed by atoms with Crippen molar-refractivity contribution in [3.63, 3.8) is 0 Å². The summed E-state index contributed by atoms with van der Waals surface area (Å²) < 4.78 is 5.22. The van der Waals surface area contributed by atoms with Crippen LogP contribution in [0.25, 0.3) is 0 Å². The lowest BCUT2D eigenvalue weighted by Gasteiger charge is -2.33. The number of hydrogen-bond acceptors (Lipinski definition) is 3. The summed E-state index contributed by atoms with van der Waals surface area (Å²) >= 11 is 0. The van der Waals surface area contributed by atoms with Gasteiger partial charge in [0, 0.05) is 12.5 Å². The Kier molecular flexibility index (Phi) is 4.05. The highest BCUT2D eigenvalue weighted by Gasteiger charge is 2.48. The van der Waals surface area contributed by atoms with Crippen LogP contribution in [0.3, 0.4) is 0 Å². The summed E-state index contributed by atoms with van der Waals surface area (Å²) in [6, 6.07) is 7.13. The van der Waals surface area contributed by atoms with Crippen LogP contribution in [-0.4, -0.2) is 41.6 Å². The number of benzene rings is 1. The first-order chi connectivity index (χ1) is 10.6. The van der Waals surface area contributed by atoms with Crippen molar-refractivity contribution in [2.24, 2.45) is 5.92 Å². The molecule has 0 radical (unpaired) electrons. The Morgan fingerprint density at radius 3 is 2.86 bits per heavy atom. The Bertz CT molecular complexity index is 586. The van der Waals surface area contributed by atoms with Gasteiger partial charge in [0.25, 0.3) is 0 Å². The van der Waals surface area contributed by atoms with E-state index in [9.17, 15) is 14.7 Å². The molecule has 22 heavy (non-hydrogen) atoms. The lowest BCUT2D eigenvalue weighted by molar-refractivity contribution is -0.152. The minimum absolute atomic E-state index is 0.0000742. The van der Waals surface area contributed by atoms with E-state index in [4.69, 9.17) is 4.74 Å². The normalized spacial score (nSPS) is 27.3. The third-order valence-electron chi connectivity index (χ3n) is 4.70. The highest BCUT2D eigenvalue weighted by atomic mass is 16.5. The van der Waals surface area contributed by atoms with E-state index in [1.165, 1.54) is 0 Å². The van der Waals surface area contributed by atoms with Gasteiger partial charge in [0.15, 0.2) is 0 Å². The van der Waals surface area contributed by atoms with Crippen LogP contribution in [0.15, 0.2) is 24.3 Å². The number of likely N-dealkylation sites (tertiary alicyclic amines) is 1. The lowest BCUT2D eigenvalue weighted by atomic mass is 10.0. The Morgan fingerprint density at radius 1 is 1.32 bits per heavy atom. The zero-order valence-corrected chi connectivity index (χ0v) is 12.7. The average Bonchev–Trinajstić information content (AvgIpc) is 3.35. The molecule has 1 saturated carbocycles. The minimum Gasteiger partial charge on any atom is -0.497 e. The fourth-order valence-electron chi connectivity index (χ4n) is 3.37. The predicted molar refractivity (Wildman–Crippen MR) is 80.8 cm³/mol. The van der Waals surface area contributed by atoms with E-state index in [1.54, 1.807) is 12.0 Å². The summed E-state index contributed by atoms with van der Waals surface area (Å²) in [5.74, 6) is 0.0227. The number of hydrogen-bond donors (Lipinski definition) is 1. The zero-order valence-electron chi connectivity index (χ0n) is 12.7. The second kappa shape index (κ2) is 5.99. The first-order valence-corrected chi connectivity index (χ1v) is 7.79. The quantitative estimate of drug-likeness (QED) is 0.926. The third-order valence-corrected chi connectivity index (χ3v) is 4.70. The molecule has 3 unspecified atom stereocenters. The molecule has 1 aliphatic heterocycles. The first-order valence-electron chi connectivity index (χ1n) is 7.79. The van der Waals surface area contributed by atoms with Gasteiger partial charge in [0.2, 0.25) is 5.91 Å². The molecule has 1 heterocycles. The highest BCUT2D eigenvalue weighted by Crippen LogP contribution is 2.49. The van der Waals surface area contributed by atoms with E-state index >= 15 is 0 Å². The molecule has 1 aromatic rings. The molecule has 1 saturated heterocycles. The van der Waals surface area contributed by atoms with Crippen LogP contribution >= 0.6 is 0 Å². The van der Waals surface area contributed by atoms with Crippen LogP contribution in [-0.2, 0) is 9.59 Å². The third kappa shape index (κ3) is 2.80. The summed E-state index contributed by atoms with van der Waals surface area (Å²) in [7, 11) is 1.62. The van der Waals surface area contributed by atoms with Crippen molar-refractivity contribution in [2.75, 3.05) is 13.7 Å². The smallest absolute Gasteiger partial charge is 0.326 e. The summed E-state index contributed by atoms with van der Waals surface area (Å²) in [6.45, 7) is 0.567. The van der Waals surface area contributed by atoms with Crippen molar-refractivity contribution < 1.29 is 19.4 Å². The van der Waals surface area contributed by atoms with Gasteiger partial charge in [-0.05, 0) is 49.3 Å². The molecular weight excluding hydrogens is 282 g/mol. The van der Waals surface area contributed by atoms with Gasteiger partial charge in [-0.3, -0.25) is 4.79 Å². The number of carbonyl (C=O) groups is 2. The van der Waals surface area contributed by atoms with Crippen LogP contribution in [0.2, 0.25) is 0 Å². The largest absolute Gasteiger partial charge is 0.497 e. The molecule has 118 valence electrons. The maximum absolute atomic E-state index is 12.6. The highest BCUT2D eigenvalue weighted by molar-refractivity contribution is 5.87. The molecule has 2 fully saturated rings. The molecular formula is C17H21NO4. The van der Waals surface area contributed by atoms with Crippen molar-refractivity contribution in [1.82, 2.24) is 4.90 Å². The monoisotopic (exact) mass is 303 g/mol. The van der Waals surface area contributed by atoms with Gasteiger partial charge >= 0.3 is 5.97 Å². The number of amides is 1. The number of carbonyl (C=O) groups excluding carboxylic acids is 1. The van der Waals surface area contributed by atoms with Crippen molar-refractivity contribution in [3.8, 4) is 5.75 Å². The van der Waals surface area contributed by atoms with Gasteiger partial charge in [-0.25, -0.2) is 4.79 Å². The lowest BCUT2D eigenvalue weighted by Crippen LogP contribution is -2.48. The predicted octanol–water partition coefficient (Wildman–Crippen LogP) is 2.26. The minimum atomic E-state index is -0.883. The first kappa shape index (κ1) is 14.9. The Balaban J connectivity index is 1.70. The molecule has 3 atom stereocenters. The molecule has 5 heteroatoms. The second-order valence-electron chi connectivity index (χ2n) is 6.11. The summed E-state index contributed by atoms with van der Waals surface area (Å²) in [6.07, 6.45) is 3.14. The number of carboxylic acids is 1. The van der Waals surface area contributed by atoms with Crippen LogP contribution in [0.5, 0.6) is 5.75 Å². The van der Waals surface area contributed by atoms with Gasteiger partial charge in [-0.2, -0.15) is 0 Å². The number of methoxy groups -OCH3 is 1. The second-order valence-corrected chi connectivity index (χ2v) is 6.11. The van der Waals surface area contributed by atoms with E-state index < -0.39 is 12.0 Å². The summed E-state index contributed by atoms with van der Waals surface area (Å²) in [5, 5.41) is 9.30. The zero-order chi connectivity index (χ0) is 15.7. The van der Waals surface area contributed by atoms with Gasteiger partial charge in [0.1, 0.15) is 11.8 Å². The van der Waals surface area contributed by atoms with Crippen molar-refractivity contribution in [1.29, 1.82) is 0 Å². The summed E-state index contributed by atoms with van der Waals surface area (Å²) in [5.41, 5.74) is 1.10. The van der Waals surface area contributed by atoms with E-state index in [1.807, 2.05) is 24.3 Å². The van der Waals surface area contributed by atoms with Crippen molar-refractivity contribution in [3.05, 3.63) is 29.8 Å². The maximum atomic E-state index is 12.6. The number of carboxylic acid groups (broad SMARTS) is 1. The molecule has 1 aromatic carbocycles. The summed E-state index contributed by atoms with van der Waals surface area (Å²) in [4.78, 5) is 25.6. The molecule has 0 spiro atoms. The molecule has 2 aliphatic rings. The van der Waals surface area contributed by atoms with Gasteiger partial charge < -0.3 is 14.7 Å². The molecule has 0 bridgehead atoms. The van der Waals surface area contributed by atoms with E-state index in [0.717, 1.165) is 30.6 Å². The fourth-order valence-corrected chi connectivity index (χ4v) is 3.37. The molecule has 1 aliphatic carbocycles. The van der Waals surface area contributed by atoms with Crippen LogP contribution < -0.4 is 4.74 Å². The Morgan fingerprint density at radius 2 is 2.14 bits per heavy atom. The number of nitrogens with zero attached hydrogens (tertiary/aromatic N) is 1. The van der Waals surface area contributed by atoms with Gasteiger partial charge in [-0.15, -0.1) is 0 Å². The van der Waals surface area contributed by atoms with Crippen molar-refractivity contribution in [2.45, 2.75) is 37.6 Å². The van der Waals surface area contributed by atoms with E-state index in [0.29, 0.717) is 13.0 Å². The molecule has 1 amide bonds. The number of rotatable bonds is 4. The molecule has 5 nitrogen and oxygen atoms in total. The Hall–Kier alpha value is -2.04. The van der Waals surface area contributed by atoms with E-state index in [2.05, 4.69) is 0 Å². The number of piperidine rings is 1.